The molecule has 2 aromatic rings. The molecule has 0 unspecified atom stereocenters. The Balaban J connectivity index is -0.000000526. The van der Waals surface area contributed by atoms with Crippen molar-refractivity contribution in [1.29, 1.82) is 0 Å². The molecule has 0 saturated heterocycles. The lowest BCUT2D eigenvalue weighted by Crippen LogP contribution is -2.02. The fourth-order valence-corrected chi connectivity index (χ4v) is 4.24. The second-order valence-corrected chi connectivity index (χ2v) is 12.2. The largest absolute Gasteiger partial charge is 0.103 e. The summed E-state index contributed by atoms with van der Waals surface area (Å²) in [4.78, 5) is 0. The molecule has 0 spiro atoms. The molecule has 0 bridgehead atoms. The minimum Gasteiger partial charge on any atom is -0.103 e. The van der Waals surface area contributed by atoms with Crippen LogP contribution in [0.1, 0.15) is 168 Å². The van der Waals surface area contributed by atoms with Gasteiger partial charge in [0.05, 0.1) is 0 Å². The lowest BCUT2D eigenvalue weighted by atomic mass is 9.88. The molecule has 0 fully saturated rings. The standard InChI is InChI=1S/C17H26.C12H18.C6H12.C4H10.C3H8/c1-6-9-15-11-14(8-3)17(13(4)5)12-16(15)10-7-2;1-4-11-5-7-12(8-6-11)9-10(2)3;1-4-5-6(2)3;1-3-4-2;1-3-2/h7,11-13H,2,6,8-10H2,1,3-5H3;5-8,10H,4,9H2,1-3H3;5H,4H2,1-3H3;3-4H2,1-2H3;3H2,1-2H3. The maximum absolute atomic E-state index is 3.87. The Bertz CT molecular complexity index is 886. The average molecular weight is 579 g/mol. The lowest BCUT2D eigenvalue weighted by molar-refractivity contribution is 0.647. The van der Waals surface area contributed by atoms with E-state index in [1.165, 1.54) is 83.9 Å². The summed E-state index contributed by atoms with van der Waals surface area (Å²) in [6.07, 6.45) is 16.2. The van der Waals surface area contributed by atoms with E-state index in [1.54, 1.807) is 0 Å². The number of benzene rings is 2. The summed E-state index contributed by atoms with van der Waals surface area (Å²) in [5, 5.41) is 0. The summed E-state index contributed by atoms with van der Waals surface area (Å²) in [6.45, 7) is 34.6. The van der Waals surface area contributed by atoms with E-state index < -0.39 is 0 Å². The number of rotatable bonds is 11. The highest BCUT2D eigenvalue weighted by atomic mass is 14.2. The average Bonchev–Trinajstić information content (AvgIpc) is 2.95. The molecule has 2 rings (SSSR count). The van der Waals surface area contributed by atoms with Crippen LogP contribution in [-0.4, -0.2) is 0 Å². The first-order chi connectivity index (χ1) is 20.0. The van der Waals surface area contributed by atoms with Crippen LogP contribution in [0.4, 0.5) is 0 Å². The van der Waals surface area contributed by atoms with Crippen molar-refractivity contribution in [2.24, 2.45) is 5.92 Å². The van der Waals surface area contributed by atoms with E-state index in [0.29, 0.717) is 5.92 Å². The van der Waals surface area contributed by atoms with Crippen molar-refractivity contribution in [3.05, 3.63) is 94.1 Å². The highest BCUT2D eigenvalue weighted by Crippen LogP contribution is 2.26. The van der Waals surface area contributed by atoms with Crippen LogP contribution >= 0.6 is 0 Å². The number of aryl methyl sites for hydroxylation is 3. The Morgan fingerprint density at radius 1 is 0.690 bits per heavy atom. The Morgan fingerprint density at radius 3 is 1.52 bits per heavy atom. The van der Waals surface area contributed by atoms with Gasteiger partial charge in [0, 0.05) is 0 Å². The van der Waals surface area contributed by atoms with Gasteiger partial charge < -0.3 is 0 Å². The van der Waals surface area contributed by atoms with Crippen LogP contribution in [0.2, 0.25) is 0 Å². The molecule has 0 aliphatic carbocycles. The predicted octanol–water partition coefficient (Wildman–Crippen LogP) is 14.1. The van der Waals surface area contributed by atoms with Gasteiger partial charge in [-0.2, -0.15) is 0 Å². The van der Waals surface area contributed by atoms with Crippen molar-refractivity contribution < 1.29 is 0 Å². The molecule has 0 heterocycles. The number of unbranched alkanes of at least 4 members (excludes halogenated alkanes) is 1. The van der Waals surface area contributed by atoms with Gasteiger partial charge in [0.25, 0.3) is 0 Å². The summed E-state index contributed by atoms with van der Waals surface area (Å²) in [5.74, 6) is 1.38. The molecule has 0 aliphatic heterocycles. The van der Waals surface area contributed by atoms with Crippen LogP contribution in [-0.2, 0) is 32.1 Å². The molecule has 0 heteroatoms. The number of hydrogen-bond donors (Lipinski definition) is 0. The maximum atomic E-state index is 3.87. The van der Waals surface area contributed by atoms with E-state index in [9.17, 15) is 0 Å². The minimum atomic E-state index is 0.615. The van der Waals surface area contributed by atoms with E-state index in [0.717, 1.165) is 25.2 Å². The van der Waals surface area contributed by atoms with Crippen LogP contribution < -0.4 is 0 Å². The molecule has 0 atom stereocenters. The van der Waals surface area contributed by atoms with Crippen LogP contribution in [0, 0.1) is 5.92 Å². The van der Waals surface area contributed by atoms with Gasteiger partial charge in [0.2, 0.25) is 0 Å². The number of hydrogen-bond acceptors (Lipinski definition) is 0. The van der Waals surface area contributed by atoms with E-state index in [2.05, 4.69) is 146 Å². The third-order valence-corrected chi connectivity index (χ3v) is 6.54. The van der Waals surface area contributed by atoms with Crippen molar-refractivity contribution in [3.63, 3.8) is 0 Å². The van der Waals surface area contributed by atoms with Crippen LogP contribution in [0.15, 0.2) is 60.7 Å². The van der Waals surface area contributed by atoms with E-state index in [-0.39, 0.29) is 0 Å². The van der Waals surface area contributed by atoms with Crippen molar-refractivity contribution in [2.45, 2.75) is 167 Å². The van der Waals surface area contributed by atoms with E-state index in [1.807, 2.05) is 6.08 Å². The van der Waals surface area contributed by atoms with Crippen molar-refractivity contribution in [3.8, 4) is 0 Å². The van der Waals surface area contributed by atoms with Crippen molar-refractivity contribution in [1.82, 2.24) is 0 Å². The smallest absolute Gasteiger partial charge is 0.00973 e. The highest BCUT2D eigenvalue weighted by Gasteiger charge is 2.10. The summed E-state index contributed by atoms with van der Waals surface area (Å²) < 4.78 is 0. The second kappa shape index (κ2) is 30.4. The predicted molar refractivity (Wildman–Crippen MR) is 198 cm³/mol. The molecule has 0 amide bonds. The molecule has 0 aromatic heterocycles. The maximum Gasteiger partial charge on any atom is -0.00973 e. The summed E-state index contributed by atoms with van der Waals surface area (Å²) in [5.41, 5.74) is 10.3. The SMILES string of the molecule is C=CCc1cc(C(C)C)c(CC)cc1CCC.CCC.CCC=C(C)C.CCCC.CCc1ccc(CC(C)C)cc1. The first-order valence-electron chi connectivity index (χ1n) is 17.4. The van der Waals surface area contributed by atoms with E-state index >= 15 is 0 Å². The van der Waals surface area contributed by atoms with E-state index in [4.69, 9.17) is 0 Å². The highest BCUT2D eigenvalue weighted by molar-refractivity contribution is 5.41. The normalized spacial score (nSPS) is 9.71. The molecule has 0 radical (unpaired) electrons. The first-order valence-corrected chi connectivity index (χ1v) is 17.4. The van der Waals surface area contributed by atoms with Crippen LogP contribution in [0.3, 0.4) is 0 Å². The second-order valence-electron chi connectivity index (χ2n) is 12.2. The minimum absolute atomic E-state index is 0.615. The van der Waals surface area contributed by atoms with Crippen LogP contribution in [0.5, 0.6) is 0 Å². The third-order valence-electron chi connectivity index (χ3n) is 6.54. The Hall–Kier alpha value is -2.08. The van der Waals surface area contributed by atoms with Gasteiger partial charge in [0.1, 0.15) is 0 Å². The third kappa shape index (κ3) is 24.5. The van der Waals surface area contributed by atoms with Gasteiger partial charge >= 0.3 is 0 Å². The Kier molecular flexibility index (Phi) is 32.1. The monoisotopic (exact) mass is 579 g/mol. The zero-order valence-electron chi connectivity index (χ0n) is 31.1. The van der Waals surface area contributed by atoms with Gasteiger partial charge in [-0.15, -0.1) is 6.58 Å². The molecule has 0 nitrogen and oxygen atoms in total. The molecular formula is C42H74. The zero-order chi connectivity index (χ0) is 32.9. The fraction of sp³-hybridized carbons (Fsp3) is 0.619. The molecule has 2 aromatic carbocycles. The van der Waals surface area contributed by atoms with Gasteiger partial charge in [-0.25, -0.2) is 0 Å². The molecule has 0 N–H and O–H groups in total. The van der Waals surface area contributed by atoms with Crippen LogP contribution in [0.25, 0.3) is 0 Å². The van der Waals surface area contributed by atoms with Gasteiger partial charge in [-0.1, -0.05) is 163 Å². The first kappa shape index (κ1) is 44.4. The topological polar surface area (TPSA) is 0 Å². The number of allylic oxidation sites excluding steroid dienone is 3. The lowest BCUT2D eigenvalue weighted by Gasteiger charge is -2.17. The molecule has 0 aliphatic rings. The fourth-order valence-electron chi connectivity index (χ4n) is 4.24. The summed E-state index contributed by atoms with van der Waals surface area (Å²) in [7, 11) is 0. The van der Waals surface area contributed by atoms with Gasteiger partial charge in [-0.05, 0) is 97.6 Å². The summed E-state index contributed by atoms with van der Waals surface area (Å²) >= 11 is 0. The molecule has 0 saturated carbocycles. The van der Waals surface area contributed by atoms with Gasteiger partial charge in [-0.3, -0.25) is 0 Å². The Morgan fingerprint density at radius 2 is 1.21 bits per heavy atom. The Labute approximate surface area is 266 Å². The molecule has 242 valence electrons. The molecule has 42 heavy (non-hydrogen) atoms. The molecular weight excluding hydrogens is 504 g/mol. The quantitative estimate of drug-likeness (QED) is 0.233. The summed E-state index contributed by atoms with van der Waals surface area (Å²) in [6, 6.07) is 13.8. The zero-order valence-corrected chi connectivity index (χ0v) is 31.1. The van der Waals surface area contributed by atoms with Crippen molar-refractivity contribution >= 4 is 0 Å². The van der Waals surface area contributed by atoms with Gasteiger partial charge in [0.15, 0.2) is 0 Å². The van der Waals surface area contributed by atoms with Crippen molar-refractivity contribution in [2.75, 3.05) is 0 Å².